The van der Waals surface area contributed by atoms with Crippen molar-refractivity contribution in [2.24, 2.45) is 5.92 Å². The lowest BCUT2D eigenvalue weighted by Gasteiger charge is -2.29. The Hall–Kier alpha value is -1.43. The van der Waals surface area contributed by atoms with Gasteiger partial charge in [0.05, 0.1) is 12.0 Å². The highest BCUT2D eigenvalue weighted by molar-refractivity contribution is 5.80. The number of hydrogen-bond acceptors (Lipinski definition) is 4. The van der Waals surface area contributed by atoms with Crippen LogP contribution in [0.5, 0.6) is 0 Å². The van der Waals surface area contributed by atoms with Gasteiger partial charge in [0.2, 0.25) is 5.91 Å². The van der Waals surface area contributed by atoms with Crippen LogP contribution in [-0.2, 0) is 4.79 Å². The Morgan fingerprint density at radius 3 is 2.67 bits per heavy atom. The molecule has 3 aliphatic rings. The predicted octanol–water partition coefficient (Wildman–Crippen LogP) is 2.17. The number of fused-ring (bicyclic) bond motifs is 1. The maximum absolute atomic E-state index is 12.9. The molecule has 3 atom stereocenters. The third-order valence-electron chi connectivity index (χ3n) is 6.71. The van der Waals surface area contributed by atoms with Gasteiger partial charge in [-0.2, -0.15) is 0 Å². The van der Waals surface area contributed by atoms with Gasteiger partial charge in [0, 0.05) is 31.7 Å². The number of amides is 1. The first-order valence-corrected chi connectivity index (χ1v) is 10.7. The molecule has 5 heteroatoms. The predicted molar refractivity (Wildman–Crippen MR) is 106 cm³/mol. The van der Waals surface area contributed by atoms with Crippen LogP contribution in [0.1, 0.15) is 50.1 Å². The van der Waals surface area contributed by atoms with E-state index in [0.717, 1.165) is 64.8 Å². The second kappa shape index (κ2) is 8.72. The molecular weight excluding hydrogens is 338 g/mol. The van der Waals surface area contributed by atoms with E-state index < -0.39 is 0 Å². The molecule has 3 saturated heterocycles. The normalized spacial score (nSPS) is 29.7. The average molecular weight is 372 g/mol. The Bertz CT molecular complexity index is 615. The number of rotatable bonds is 6. The number of nitrogens with zero attached hydrogens (tertiary/aromatic N) is 2. The Kier molecular flexibility index (Phi) is 6.11. The molecule has 0 unspecified atom stereocenters. The molecule has 4 rings (SSSR count). The zero-order chi connectivity index (χ0) is 18.6. The van der Waals surface area contributed by atoms with Crippen LogP contribution in [0.25, 0.3) is 0 Å². The molecule has 5 nitrogen and oxygen atoms in total. The van der Waals surface area contributed by atoms with Gasteiger partial charge in [-0.05, 0) is 57.2 Å². The monoisotopic (exact) mass is 371 g/mol. The summed E-state index contributed by atoms with van der Waals surface area (Å²) in [6, 6.07) is 11.5. The zero-order valence-electron chi connectivity index (χ0n) is 16.2. The number of piperidine rings is 1. The number of aliphatic hydroxyl groups excluding tert-OH is 1. The molecule has 27 heavy (non-hydrogen) atoms. The fourth-order valence-corrected chi connectivity index (χ4v) is 5.24. The largest absolute Gasteiger partial charge is 0.393 e. The second-order valence-corrected chi connectivity index (χ2v) is 8.43. The molecular formula is C22H33N3O2. The maximum Gasteiger partial charge on any atom is 0.224 e. The van der Waals surface area contributed by atoms with E-state index in [9.17, 15) is 9.90 Å². The quantitative estimate of drug-likeness (QED) is 0.753. The molecule has 3 heterocycles. The minimum atomic E-state index is -0.116. The van der Waals surface area contributed by atoms with Crippen molar-refractivity contribution in [1.82, 2.24) is 15.1 Å². The molecule has 0 spiro atoms. The van der Waals surface area contributed by atoms with Crippen molar-refractivity contribution in [3.8, 4) is 0 Å². The highest BCUT2D eigenvalue weighted by Crippen LogP contribution is 2.44. The summed E-state index contributed by atoms with van der Waals surface area (Å²) in [4.78, 5) is 17.8. The summed E-state index contributed by atoms with van der Waals surface area (Å²) in [5, 5.41) is 12.8. The summed E-state index contributed by atoms with van der Waals surface area (Å²) in [7, 11) is 0. The lowest BCUT2D eigenvalue weighted by atomic mass is 9.93. The molecule has 0 bridgehead atoms. The van der Waals surface area contributed by atoms with E-state index in [0.29, 0.717) is 12.1 Å². The van der Waals surface area contributed by atoms with Gasteiger partial charge in [-0.3, -0.25) is 9.69 Å². The van der Waals surface area contributed by atoms with Crippen molar-refractivity contribution in [2.45, 2.75) is 56.7 Å². The molecule has 0 radical (unpaired) electrons. The molecule has 2 N–H and O–H groups in total. The van der Waals surface area contributed by atoms with Crippen LogP contribution in [-0.4, -0.2) is 65.7 Å². The van der Waals surface area contributed by atoms with Gasteiger partial charge < -0.3 is 15.3 Å². The van der Waals surface area contributed by atoms with Gasteiger partial charge in [0.15, 0.2) is 0 Å². The zero-order valence-corrected chi connectivity index (χ0v) is 16.2. The molecule has 3 fully saturated rings. The lowest BCUT2D eigenvalue weighted by Crippen LogP contribution is -2.40. The smallest absolute Gasteiger partial charge is 0.224 e. The van der Waals surface area contributed by atoms with Crippen LogP contribution in [0, 0.1) is 5.92 Å². The topological polar surface area (TPSA) is 55.8 Å². The van der Waals surface area contributed by atoms with E-state index in [1.54, 1.807) is 0 Å². The molecule has 148 valence electrons. The molecule has 3 aliphatic heterocycles. The molecule has 1 aromatic carbocycles. The second-order valence-electron chi connectivity index (χ2n) is 8.43. The van der Waals surface area contributed by atoms with Crippen molar-refractivity contribution >= 4 is 5.91 Å². The highest BCUT2D eigenvalue weighted by Gasteiger charge is 2.46. The van der Waals surface area contributed by atoms with E-state index in [-0.39, 0.29) is 17.9 Å². The Morgan fingerprint density at radius 2 is 1.89 bits per heavy atom. The van der Waals surface area contributed by atoms with E-state index in [1.165, 1.54) is 12.0 Å². The standard InChI is InChI=1S/C22H33N3O2/c26-18-9-14-24(15-10-18)12-5-11-23-22(27)19-16-21(17-6-2-1-3-7-17)25-13-4-8-20(19)25/h1-3,6-7,18-21,26H,4-5,8-16H2,(H,23,27)/t19-,20+,21-/m0/s1. The number of carbonyl (C=O) groups is 1. The third-order valence-corrected chi connectivity index (χ3v) is 6.71. The van der Waals surface area contributed by atoms with Gasteiger partial charge in [-0.25, -0.2) is 0 Å². The van der Waals surface area contributed by atoms with Crippen LogP contribution in [0.4, 0.5) is 0 Å². The number of hydrogen-bond donors (Lipinski definition) is 2. The summed E-state index contributed by atoms with van der Waals surface area (Å²) in [6.45, 7) is 4.85. The van der Waals surface area contributed by atoms with Crippen LogP contribution in [0.3, 0.4) is 0 Å². The van der Waals surface area contributed by atoms with E-state index >= 15 is 0 Å². The first-order valence-electron chi connectivity index (χ1n) is 10.7. The number of benzene rings is 1. The molecule has 1 aromatic rings. The molecule has 0 saturated carbocycles. The van der Waals surface area contributed by atoms with Crippen molar-refractivity contribution in [3.05, 3.63) is 35.9 Å². The fourth-order valence-electron chi connectivity index (χ4n) is 5.24. The summed E-state index contributed by atoms with van der Waals surface area (Å²) >= 11 is 0. The van der Waals surface area contributed by atoms with Gasteiger partial charge in [-0.15, -0.1) is 0 Å². The Labute approximate surface area is 162 Å². The van der Waals surface area contributed by atoms with E-state index in [1.807, 2.05) is 0 Å². The van der Waals surface area contributed by atoms with Gasteiger partial charge in [0.25, 0.3) is 0 Å². The summed E-state index contributed by atoms with van der Waals surface area (Å²) in [5.74, 6) is 0.377. The number of carbonyl (C=O) groups excluding carboxylic acids is 1. The van der Waals surface area contributed by atoms with Crippen LogP contribution in [0.15, 0.2) is 30.3 Å². The van der Waals surface area contributed by atoms with Crippen LogP contribution >= 0.6 is 0 Å². The molecule has 0 aromatic heterocycles. The van der Waals surface area contributed by atoms with Crippen molar-refractivity contribution in [3.63, 3.8) is 0 Å². The van der Waals surface area contributed by atoms with Crippen LogP contribution in [0.2, 0.25) is 0 Å². The first kappa shape index (κ1) is 18.9. The minimum absolute atomic E-state index is 0.116. The third kappa shape index (κ3) is 4.36. The number of aliphatic hydroxyl groups is 1. The minimum Gasteiger partial charge on any atom is -0.393 e. The van der Waals surface area contributed by atoms with Crippen LogP contribution < -0.4 is 5.32 Å². The van der Waals surface area contributed by atoms with Gasteiger partial charge >= 0.3 is 0 Å². The highest BCUT2D eigenvalue weighted by atomic mass is 16.3. The van der Waals surface area contributed by atoms with Gasteiger partial charge in [0.1, 0.15) is 0 Å². The van der Waals surface area contributed by atoms with Crippen molar-refractivity contribution < 1.29 is 9.90 Å². The fraction of sp³-hybridized carbons (Fsp3) is 0.682. The van der Waals surface area contributed by atoms with E-state index in [2.05, 4.69) is 45.4 Å². The number of nitrogens with one attached hydrogen (secondary N) is 1. The summed E-state index contributed by atoms with van der Waals surface area (Å²) in [6.07, 6.45) is 5.95. The van der Waals surface area contributed by atoms with Gasteiger partial charge in [-0.1, -0.05) is 30.3 Å². The first-order chi connectivity index (χ1) is 13.2. The summed E-state index contributed by atoms with van der Waals surface area (Å²) in [5.41, 5.74) is 1.35. The number of likely N-dealkylation sites (tertiary alicyclic amines) is 1. The summed E-state index contributed by atoms with van der Waals surface area (Å²) < 4.78 is 0. The lowest BCUT2D eigenvalue weighted by molar-refractivity contribution is -0.125. The average Bonchev–Trinajstić information content (AvgIpc) is 3.30. The Morgan fingerprint density at radius 1 is 1.11 bits per heavy atom. The van der Waals surface area contributed by atoms with Crippen molar-refractivity contribution in [2.75, 3.05) is 32.7 Å². The Balaban J connectivity index is 1.26. The van der Waals surface area contributed by atoms with E-state index in [4.69, 9.17) is 0 Å². The molecule has 1 amide bonds. The molecule has 0 aliphatic carbocycles. The van der Waals surface area contributed by atoms with Crippen molar-refractivity contribution in [1.29, 1.82) is 0 Å². The SMILES string of the molecule is O=C(NCCCN1CCC(O)CC1)[C@H]1C[C@@H](c2ccccc2)N2CCC[C@H]12. The maximum atomic E-state index is 12.9.